The average Bonchev–Trinajstić information content (AvgIpc) is 2.33. The van der Waals surface area contributed by atoms with Crippen LogP contribution >= 0.6 is 46.4 Å². The number of aromatic nitrogens is 1. The largest absolute Gasteiger partial charge is 0.392 e. The number of aliphatic hydroxyl groups excluding tert-OH is 1. The topological polar surface area (TPSA) is 33.1 Å². The molecule has 0 unspecified atom stereocenters. The Morgan fingerprint density at radius 2 is 1.67 bits per heavy atom. The number of hydrogen-bond acceptors (Lipinski definition) is 2. The lowest BCUT2D eigenvalue weighted by Crippen LogP contribution is -1.93. The second-order valence-corrected chi connectivity index (χ2v) is 5.18. The normalized spacial score (nSPS) is 10.7. The van der Waals surface area contributed by atoms with Crippen LogP contribution in [0.3, 0.4) is 0 Å². The molecule has 2 aromatic rings. The SMILES string of the molecule is OCc1c(Cl)cncc1-c1cc(Cl)cc(Cl)c1Cl. The first-order valence-electron chi connectivity index (χ1n) is 4.92. The molecule has 0 spiro atoms. The molecule has 0 saturated carbocycles. The van der Waals surface area contributed by atoms with Crippen molar-refractivity contribution < 1.29 is 5.11 Å². The molecule has 0 aliphatic carbocycles. The van der Waals surface area contributed by atoms with Gasteiger partial charge >= 0.3 is 0 Å². The van der Waals surface area contributed by atoms with Gasteiger partial charge in [0.25, 0.3) is 0 Å². The molecule has 1 aromatic carbocycles. The van der Waals surface area contributed by atoms with Gasteiger partial charge in [-0.3, -0.25) is 4.98 Å². The fourth-order valence-corrected chi connectivity index (χ4v) is 2.53. The van der Waals surface area contributed by atoms with E-state index in [0.29, 0.717) is 36.8 Å². The minimum Gasteiger partial charge on any atom is -0.392 e. The van der Waals surface area contributed by atoms with E-state index in [0.717, 1.165) is 0 Å². The number of hydrogen-bond donors (Lipinski definition) is 1. The van der Waals surface area contributed by atoms with E-state index in [1.165, 1.54) is 6.20 Å². The van der Waals surface area contributed by atoms with Gasteiger partial charge in [-0.2, -0.15) is 0 Å². The van der Waals surface area contributed by atoms with Gasteiger partial charge < -0.3 is 5.11 Å². The van der Waals surface area contributed by atoms with Crippen LogP contribution < -0.4 is 0 Å². The Morgan fingerprint density at radius 1 is 0.944 bits per heavy atom. The van der Waals surface area contributed by atoms with E-state index in [1.54, 1.807) is 18.3 Å². The molecule has 1 N–H and O–H groups in total. The third kappa shape index (κ3) is 2.58. The highest BCUT2D eigenvalue weighted by Gasteiger charge is 2.14. The summed E-state index contributed by atoms with van der Waals surface area (Å²) in [5.41, 5.74) is 1.74. The molecule has 1 heterocycles. The lowest BCUT2D eigenvalue weighted by atomic mass is 10.0. The zero-order valence-electron chi connectivity index (χ0n) is 8.92. The number of nitrogens with zero attached hydrogens (tertiary/aromatic N) is 1. The molecule has 0 fully saturated rings. The maximum atomic E-state index is 9.37. The Balaban J connectivity index is 2.73. The van der Waals surface area contributed by atoms with E-state index in [9.17, 15) is 5.11 Å². The molecule has 0 bridgehead atoms. The quantitative estimate of drug-likeness (QED) is 0.801. The smallest absolute Gasteiger partial charge is 0.0703 e. The molecular formula is C12H7Cl4NO. The van der Waals surface area contributed by atoms with Crippen LogP contribution in [0.2, 0.25) is 20.1 Å². The third-order valence-electron chi connectivity index (χ3n) is 2.45. The average molecular weight is 323 g/mol. The maximum Gasteiger partial charge on any atom is 0.0703 e. The third-order valence-corrected chi connectivity index (χ3v) is 3.79. The minimum atomic E-state index is -0.225. The van der Waals surface area contributed by atoms with E-state index >= 15 is 0 Å². The summed E-state index contributed by atoms with van der Waals surface area (Å²) in [7, 11) is 0. The standard InChI is InChI=1S/C12H7Cl4NO/c13-6-1-7(12(16)10(14)2-6)8-3-17-4-11(15)9(8)5-18/h1-4,18H,5H2. The molecule has 2 rings (SSSR count). The summed E-state index contributed by atoms with van der Waals surface area (Å²) in [5.74, 6) is 0. The highest BCUT2D eigenvalue weighted by atomic mass is 35.5. The monoisotopic (exact) mass is 321 g/mol. The summed E-state index contributed by atoms with van der Waals surface area (Å²) in [6.45, 7) is -0.225. The van der Waals surface area contributed by atoms with Crippen LogP contribution in [-0.2, 0) is 6.61 Å². The Bertz CT molecular complexity index is 601. The van der Waals surface area contributed by atoms with Crippen LogP contribution in [-0.4, -0.2) is 10.1 Å². The Hall–Kier alpha value is -0.510. The molecular weight excluding hydrogens is 316 g/mol. The molecule has 0 amide bonds. The second kappa shape index (κ2) is 5.64. The number of benzene rings is 1. The summed E-state index contributed by atoms with van der Waals surface area (Å²) >= 11 is 24.0. The number of rotatable bonds is 2. The molecule has 18 heavy (non-hydrogen) atoms. The van der Waals surface area contributed by atoms with Crippen molar-refractivity contribution in [2.45, 2.75) is 6.61 Å². The molecule has 0 radical (unpaired) electrons. The zero-order valence-corrected chi connectivity index (χ0v) is 11.9. The van der Waals surface area contributed by atoms with Gasteiger partial charge in [-0.05, 0) is 12.1 Å². The maximum absolute atomic E-state index is 9.37. The highest BCUT2D eigenvalue weighted by molar-refractivity contribution is 6.45. The second-order valence-electron chi connectivity index (χ2n) is 3.55. The Labute approximate surface area is 124 Å². The van der Waals surface area contributed by atoms with Gasteiger partial charge in [-0.25, -0.2) is 0 Å². The first kappa shape index (κ1) is 13.9. The van der Waals surface area contributed by atoms with Crippen LogP contribution in [0, 0.1) is 0 Å². The molecule has 0 aliphatic rings. The van der Waals surface area contributed by atoms with Crippen LogP contribution in [0.4, 0.5) is 0 Å². The highest BCUT2D eigenvalue weighted by Crippen LogP contribution is 2.38. The fraction of sp³-hybridized carbons (Fsp3) is 0.0833. The summed E-state index contributed by atoms with van der Waals surface area (Å²) in [6, 6.07) is 3.20. The van der Waals surface area contributed by atoms with Crippen molar-refractivity contribution >= 4 is 46.4 Å². The van der Waals surface area contributed by atoms with Gasteiger partial charge in [-0.1, -0.05) is 46.4 Å². The molecule has 0 atom stereocenters. The van der Waals surface area contributed by atoms with Crippen LogP contribution in [0.15, 0.2) is 24.5 Å². The van der Waals surface area contributed by atoms with Gasteiger partial charge in [0.2, 0.25) is 0 Å². The van der Waals surface area contributed by atoms with Crippen molar-refractivity contribution in [3.8, 4) is 11.1 Å². The van der Waals surface area contributed by atoms with E-state index in [-0.39, 0.29) is 6.61 Å². The molecule has 0 aliphatic heterocycles. The number of pyridine rings is 1. The van der Waals surface area contributed by atoms with E-state index in [1.807, 2.05) is 0 Å². The Kier molecular flexibility index (Phi) is 4.36. The summed E-state index contributed by atoms with van der Waals surface area (Å²) in [4.78, 5) is 3.98. The summed E-state index contributed by atoms with van der Waals surface area (Å²) < 4.78 is 0. The van der Waals surface area contributed by atoms with E-state index in [2.05, 4.69) is 4.98 Å². The number of aliphatic hydroxyl groups is 1. The predicted octanol–water partition coefficient (Wildman–Crippen LogP) is 4.85. The lowest BCUT2D eigenvalue weighted by molar-refractivity contribution is 0.282. The van der Waals surface area contributed by atoms with E-state index in [4.69, 9.17) is 46.4 Å². The van der Waals surface area contributed by atoms with Crippen molar-refractivity contribution in [2.75, 3.05) is 0 Å². The van der Waals surface area contributed by atoms with E-state index < -0.39 is 0 Å². The molecule has 94 valence electrons. The number of halogens is 4. The molecule has 2 nitrogen and oxygen atoms in total. The summed E-state index contributed by atoms with van der Waals surface area (Å²) in [5, 5.41) is 10.9. The van der Waals surface area contributed by atoms with Gasteiger partial charge in [0.1, 0.15) is 0 Å². The van der Waals surface area contributed by atoms with Gasteiger partial charge in [0.05, 0.1) is 21.7 Å². The molecule has 0 saturated heterocycles. The van der Waals surface area contributed by atoms with Crippen LogP contribution in [0.1, 0.15) is 5.56 Å². The van der Waals surface area contributed by atoms with Crippen LogP contribution in [0.5, 0.6) is 0 Å². The van der Waals surface area contributed by atoms with Crippen molar-refractivity contribution in [3.63, 3.8) is 0 Å². The minimum absolute atomic E-state index is 0.225. The zero-order chi connectivity index (χ0) is 13.3. The van der Waals surface area contributed by atoms with Gasteiger partial charge in [0.15, 0.2) is 0 Å². The Morgan fingerprint density at radius 3 is 2.33 bits per heavy atom. The van der Waals surface area contributed by atoms with Gasteiger partial charge in [0, 0.05) is 34.1 Å². The first-order valence-corrected chi connectivity index (χ1v) is 6.44. The fourth-order valence-electron chi connectivity index (χ4n) is 1.61. The van der Waals surface area contributed by atoms with Crippen molar-refractivity contribution in [1.82, 2.24) is 4.98 Å². The van der Waals surface area contributed by atoms with Crippen molar-refractivity contribution in [1.29, 1.82) is 0 Å². The predicted molar refractivity (Wildman–Crippen MR) is 75.6 cm³/mol. The van der Waals surface area contributed by atoms with Crippen LogP contribution in [0.25, 0.3) is 11.1 Å². The molecule has 6 heteroatoms. The lowest BCUT2D eigenvalue weighted by Gasteiger charge is -2.11. The van der Waals surface area contributed by atoms with Gasteiger partial charge in [-0.15, -0.1) is 0 Å². The van der Waals surface area contributed by atoms with Crippen molar-refractivity contribution in [3.05, 3.63) is 50.2 Å². The molecule has 1 aromatic heterocycles. The summed E-state index contributed by atoms with van der Waals surface area (Å²) in [6.07, 6.45) is 3.02. The van der Waals surface area contributed by atoms with Crippen molar-refractivity contribution in [2.24, 2.45) is 0 Å². The first-order chi connectivity index (χ1) is 8.54.